The Kier molecular flexibility index (Phi) is 7.80. The Morgan fingerprint density at radius 2 is 2.14 bits per heavy atom. The minimum atomic E-state index is -4.24. The number of alkyl halides is 1. The van der Waals surface area contributed by atoms with Gasteiger partial charge in [0.05, 0.1) is 28.8 Å². The lowest BCUT2D eigenvalue weighted by atomic mass is 10.1. The molecule has 0 bridgehead atoms. The molecule has 3 aromatic rings. The van der Waals surface area contributed by atoms with Crippen molar-refractivity contribution < 1.29 is 31.3 Å². The number of benzene rings is 1. The normalized spacial score (nSPS) is 22.0. The van der Waals surface area contributed by atoms with E-state index >= 15 is 0 Å². The molecule has 1 aromatic carbocycles. The molecule has 0 radical (unpaired) electrons. The number of carbonyl (C=O) groups is 1. The van der Waals surface area contributed by atoms with Crippen LogP contribution < -0.4 is 10.5 Å². The van der Waals surface area contributed by atoms with E-state index in [1.807, 2.05) is 0 Å². The van der Waals surface area contributed by atoms with Crippen molar-refractivity contribution >= 4 is 37.8 Å². The number of carbonyl (C=O) groups excluding carboxylic acids is 1. The van der Waals surface area contributed by atoms with E-state index in [1.54, 1.807) is 35.2 Å². The third kappa shape index (κ3) is 6.13. The van der Waals surface area contributed by atoms with Crippen LogP contribution in [0.5, 0.6) is 0 Å². The van der Waals surface area contributed by atoms with Gasteiger partial charge in [-0.1, -0.05) is 6.07 Å². The van der Waals surface area contributed by atoms with Gasteiger partial charge in [0, 0.05) is 36.6 Å². The van der Waals surface area contributed by atoms with Crippen molar-refractivity contribution in [3.8, 4) is 0 Å². The highest BCUT2D eigenvalue weighted by molar-refractivity contribution is 9.10. The van der Waals surface area contributed by atoms with Crippen LogP contribution in [0.15, 0.2) is 53.7 Å². The van der Waals surface area contributed by atoms with Crippen LogP contribution in [-0.2, 0) is 21.0 Å². The quantitative estimate of drug-likeness (QED) is 0.323. The zero-order valence-electron chi connectivity index (χ0n) is 18.6. The van der Waals surface area contributed by atoms with Crippen molar-refractivity contribution in [2.45, 2.75) is 31.3 Å². The Hall–Kier alpha value is -2.78. The van der Waals surface area contributed by atoms with Gasteiger partial charge in [-0.05, 0) is 46.1 Å². The van der Waals surface area contributed by atoms with Gasteiger partial charge < -0.3 is 15.0 Å². The number of aliphatic hydroxyl groups excluding tert-OH is 1. The summed E-state index contributed by atoms with van der Waals surface area (Å²) in [7, 11) is -4.24. The monoisotopic (exact) mass is 585 g/mol. The maximum Gasteiger partial charge on any atom is 0.333 e. The highest BCUT2D eigenvalue weighted by Crippen LogP contribution is 2.32. The number of nitrogens with two attached hydrogens (primary N) is 1. The Bertz CT molecular complexity index is 1370. The minimum Gasteiger partial charge on any atom is -0.390 e. The summed E-state index contributed by atoms with van der Waals surface area (Å²) >= 11 is 3.15. The van der Waals surface area contributed by atoms with Crippen LogP contribution in [0.1, 0.15) is 27.9 Å². The van der Waals surface area contributed by atoms with Crippen molar-refractivity contribution in [2.75, 3.05) is 11.9 Å². The number of nitrogens with one attached hydrogen (secondary N) is 1. The van der Waals surface area contributed by atoms with Gasteiger partial charge in [-0.25, -0.2) is 23.9 Å². The Morgan fingerprint density at radius 3 is 2.86 bits per heavy atom. The highest BCUT2D eigenvalue weighted by Gasteiger charge is 2.44. The lowest BCUT2D eigenvalue weighted by molar-refractivity contribution is 0.0501. The minimum absolute atomic E-state index is 0.0130. The fourth-order valence-electron chi connectivity index (χ4n) is 4.05. The smallest absolute Gasteiger partial charge is 0.333 e. The number of nitrogens with zero attached hydrogens (tertiary/aromatic N) is 3. The molecule has 1 aliphatic carbocycles. The van der Waals surface area contributed by atoms with Crippen molar-refractivity contribution in [3.63, 3.8) is 0 Å². The molecule has 36 heavy (non-hydrogen) atoms. The lowest BCUT2D eigenvalue weighted by Crippen LogP contribution is -2.33. The van der Waals surface area contributed by atoms with Gasteiger partial charge in [-0.2, -0.15) is 8.42 Å². The number of rotatable bonds is 9. The Morgan fingerprint density at radius 1 is 1.36 bits per heavy atom. The number of aromatic nitrogens is 3. The molecule has 0 unspecified atom stereocenters. The maximum absolute atomic E-state index is 14.7. The molecule has 0 amide bonds. The van der Waals surface area contributed by atoms with E-state index in [2.05, 4.69) is 35.4 Å². The Balaban J connectivity index is 1.47. The van der Waals surface area contributed by atoms with Crippen LogP contribution in [0.2, 0.25) is 0 Å². The molecule has 4 N–H and O–H groups in total. The summed E-state index contributed by atoms with van der Waals surface area (Å²) in [5.74, 6) is -1.56. The first-order valence-electron chi connectivity index (χ1n) is 10.7. The van der Waals surface area contributed by atoms with E-state index in [9.17, 15) is 27.1 Å². The fraction of sp³-hybridized carbons (Fsp3) is 0.318. The number of halogens is 3. The van der Waals surface area contributed by atoms with Gasteiger partial charge in [0.25, 0.3) is 0 Å². The second-order valence-corrected chi connectivity index (χ2v) is 10.5. The summed E-state index contributed by atoms with van der Waals surface area (Å²) in [4.78, 5) is 21.2. The van der Waals surface area contributed by atoms with Crippen molar-refractivity contribution in [1.29, 1.82) is 0 Å². The molecule has 1 fully saturated rings. The van der Waals surface area contributed by atoms with Gasteiger partial charge in [-0.15, -0.1) is 0 Å². The van der Waals surface area contributed by atoms with E-state index in [0.717, 1.165) is 5.56 Å². The first-order valence-corrected chi connectivity index (χ1v) is 13.0. The molecule has 0 saturated heterocycles. The zero-order chi connectivity index (χ0) is 26.0. The van der Waals surface area contributed by atoms with Crippen molar-refractivity contribution in [1.82, 2.24) is 14.5 Å². The molecular formula is C22H22BrF2N5O5S. The van der Waals surface area contributed by atoms with E-state index in [0.29, 0.717) is 16.6 Å². The number of hydrogen-bond donors (Lipinski definition) is 3. The molecule has 4 rings (SSSR count). The molecule has 4 atom stereocenters. The highest BCUT2D eigenvalue weighted by atomic mass is 79.9. The third-order valence-corrected chi connectivity index (χ3v) is 6.91. The Labute approximate surface area is 213 Å². The van der Waals surface area contributed by atoms with E-state index in [4.69, 9.17) is 5.14 Å². The first-order chi connectivity index (χ1) is 17.0. The van der Waals surface area contributed by atoms with E-state index < -0.39 is 46.9 Å². The first kappa shape index (κ1) is 26.3. The summed E-state index contributed by atoms with van der Waals surface area (Å²) in [5.41, 5.74) is 1.24. The number of anilines is 1. The second kappa shape index (κ2) is 10.7. The summed E-state index contributed by atoms with van der Waals surface area (Å²) in [6.07, 6.45) is 2.55. The third-order valence-electron chi connectivity index (χ3n) is 5.84. The van der Waals surface area contributed by atoms with Gasteiger partial charge >= 0.3 is 10.3 Å². The van der Waals surface area contributed by atoms with Crippen molar-refractivity contribution in [2.24, 2.45) is 11.1 Å². The average Bonchev–Trinajstić information content (AvgIpc) is 3.40. The fourth-order valence-corrected chi connectivity index (χ4v) is 4.84. The summed E-state index contributed by atoms with van der Waals surface area (Å²) in [6.45, 7) is -0.0830. The number of hydrogen-bond acceptors (Lipinski definition) is 8. The SMILES string of the molecule is NS(=O)(=O)OC[C@H]1C[C@@H](Nc2ncncc2C(=O)c2ccn(Cc3ccc(F)c(Br)c3)c2)[C@@H](F)[C@@H]1O. The molecule has 192 valence electrons. The molecule has 2 aromatic heterocycles. The molecule has 14 heteroatoms. The van der Waals surface area contributed by atoms with E-state index in [-0.39, 0.29) is 23.6 Å². The molecular weight excluding hydrogens is 564 g/mol. The standard InChI is InChI=1S/C22H22BrF2N5O5S/c23-16-5-12(1-2-17(16)24)8-30-4-3-13(9-30)20(31)15-7-27-11-28-22(15)29-18-6-14(21(32)19(18)25)10-35-36(26,33)34/h1-5,7,9,11,14,18-19,21,32H,6,8,10H2,(H2,26,33,34)(H,27,28,29)/t14-,18-,19-,21-/m1/s1. The molecule has 0 aliphatic heterocycles. The summed E-state index contributed by atoms with van der Waals surface area (Å²) in [5, 5.41) is 17.8. The van der Waals surface area contributed by atoms with Crippen LogP contribution in [0.3, 0.4) is 0 Å². The lowest BCUT2D eigenvalue weighted by Gasteiger charge is -2.18. The van der Waals surface area contributed by atoms with Crippen LogP contribution in [0, 0.1) is 11.7 Å². The topological polar surface area (TPSA) is 149 Å². The number of aliphatic hydroxyl groups is 1. The van der Waals surface area contributed by atoms with E-state index in [1.165, 1.54) is 18.6 Å². The molecule has 10 nitrogen and oxygen atoms in total. The largest absolute Gasteiger partial charge is 0.390 e. The number of ketones is 1. The van der Waals surface area contributed by atoms with Crippen molar-refractivity contribution in [3.05, 3.63) is 76.2 Å². The van der Waals surface area contributed by atoms with Gasteiger partial charge in [0.2, 0.25) is 0 Å². The second-order valence-electron chi connectivity index (χ2n) is 8.39. The predicted octanol–water partition coefficient (Wildman–Crippen LogP) is 2.18. The molecule has 1 aliphatic rings. The van der Waals surface area contributed by atoms with Crippen LogP contribution in [0.4, 0.5) is 14.6 Å². The van der Waals surface area contributed by atoms with Gasteiger partial charge in [0.1, 0.15) is 24.1 Å². The maximum atomic E-state index is 14.7. The van der Waals surface area contributed by atoms with Crippen LogP contribution >= 0.6 is 15.9 Å². The summed E-state index contributed by atoms with van der Waals surface area (Å²) < 4.78 is 56.9. The average molecular weight is 586 g/mol. The zero-order valence-corrected chi connectivity index (χ0v) is 21.0. The predicted molar refractivity (Wildman–Crippen MR) is 129 cm³/mol. The van der Waals surface area contributed by atoms with Gasteiger partial charge in [0.15, 0.2) is 5.78 Å². The van der Waals surface area contributed by atoms with Crippen LogP contribution in [0.25, 0.3) is 0 Å². The molecule has 0 spiro atoms. The summed E-state index contributed by atoms with van der Waals surface area (Å²) in [6, 6.07) is 5.28. The van der Waals surface area contributed by atoms with Gasteiger partial charge in [-0.3, -0.25) is 8.98 Å². The van der Waals surface area contributed by atoms with Crippen LogP contribution in [-0.4, -0.2) is 58.8 Å². The molecule has 1 saturated carbocycles. The molecule has 2 heterocycles.